The first-order chi connectivity index (χ1) is 16.5. The van der Waals surface area contributed by atoms with Gasteiger partial charge in [0.1, 0.15) is 11.4 Å². The number of alkyl halides is 3. The molecule has 1 unspecified atom stereocenters. The highest BCUT2D eigenvalue weighted by Gasteiger charge is 2.39. The zero-order chi connectivity index (χ0) is 23.5. The first kappa shape index (κ1) is 23.2. The van der Waals surface area contributed by atoms with Crippen molar-refractivity contribution in [3.63, 3.8) is 0 Å². The summed E-state index contributed by atoms with van der Waals surface area (Å²) in [6.45, 7) is 2.61. The van der Waals surface area contributed by atoms with E-state index in [-0.39, 0.29) is 12.8 Å². The van der Waals surface area contributed by atoms with Gasteiger partial charge in [0.15, 0.2) is 6.29 Å². The summed E-state index contributed by atoms with van der Waals surface area (Å²) in [6.07, 6.45) is 7.67. The largest absolute Gasteiger partial charge is 0.491 e. The Morgan fingerprint density at radius 1 is 1.15 bits per heavy atom. The van der Waals surface area contributed by atoms with Crippen molar-refractivity contribution in [1.82, 2.24) is 9.78 Å². The molecule has 0 radical (unpaired) electrons. The van der Waals surface area contributed by atoms with Crippen molar-refractivity contribution < 1.29 is 27.4 Å². The van der Waals surface area contributed by atoms with Crippen LogP contribution in [-0.4, -0.2) is 48.6 Å². The SMILES string of the molecule is FC(F)(F)C1=CC=CCN1c1cc2cn(CCCOC3CCCCO3)nc2cc1OCC1CC1. The Hall–Kier alpha value is -2.52. The molecule has 5 rings (SSSR count). The van der Waals surface area contributed by atoms with Gasteiger partial charge in [-0.05, 0) is 56.6 Å². The quantitative estimate of drug-likeness (QED) is 0.441. The number of rotatable bonds is 9. The third-order valence-electron chi connectivity index (χ3n) is 6.33. The summed E-state index contributed by atoms with van der Waals surface area (Å²) in [7, 11) is 0. The standard InChI is InChI=1S/C25H30F3N3O3/c26-25(27,28)23-6-1-3-11-31(23)21-14-19-16-30(10-5-13-33-24-7-2-4-12-32-24)29-20(19)15-22(21)34-17-18-8-9-18/h1,3,6,14-16,18,24H,2,4-5,7-13,17H2. The van der Waals surface area contributed by atoms with Gasteiger partial charge in [-0.3, -0.25) is 4.68 Å². The van der Waals surface area contributed by atoms with Crippen LogP contribution in [0.3, 0.4) is 0 Å². The summed E-state index contributed by atoms with van der Waals surface area (Å²) in [5.74, 6) is 0.918. The Labute approximate surface area is 196 Å². The van der Waals surface area contributed by atoms with Crippen molar-refractivity contribution in [3.05, 3.63) is 42.3 Å². The molecule has 9 heteroatoms. The maximum absolute atomic E-state index is 13.7. The Bertz CT molecular complexity index is 1050. The molecule has 1 saturated carbocycles. The van der Waals surface area contributed by atoms with E-state index in [2.05, 4.69) is 5.10 Å². The molecule has 2 aromatic rings. The molecule has 3 heterocycles. The zero-order valence-corrected chi connectivity index (χ0v) is 19.1. The topological polar surface area (TPSA) is 48.8 Å². The average molecular weight is 478 g/mol. The Balaban J connectivity index is 1.33. The fourth-order valence-corrected chi connectivity index (χ4v) is 4.30. The fourth-order valence-electron chi connectivity index (χ4n) is 4.30. The lowest BCUT2D eigenvalue weighted by atomic mass is 10.1. The van der Waals surface area contributed by atoms with Crippen molar-refractivity contribution in [3.8, 4) is 5.75 Å². The van der Waals surface area contributed by atoms with Gasteiger partial charge in [-0.1, -0.05) is 12.2 Å². The molecule has 3 aliphatic rings. The van der Waals surface area contributed by atoms with Gasteiger partial charge in [0.2, 0.25) is 0 Å². The van der Waals surface area contributed by atoms with Crippen LogP contribution in [0.1, 0.15) is 38.5 Å². The maximum Gasteiger partial charge on any atom is 0.431 e. The second-order valence-corrected chi connectivity index (χ2v) is 9.13. The highest BCUT2D eigenvalue weighted by atomic mass is 19.4. The maximum atomic E-state index is 13.7. The first-order valence-corrected chi connectivity index (χ1v) is 12.1. The lowest BCUT2D eigenvalue weighted by Crippen LogP contribution is -2.33. The molecular weight excluding hydrogens is 447 g/mol. The van der Waals surface area contributed by atoms with Crippen molar-refractivity contribution in [1.29, 1.82) is 0 Å². The fraction of sp³-hybridized carbons (Fsp3) is 0.560. The number of halogens is 3. The van der Waals surface area contributed by atoms with Gasteiger partial charge in [-0.25, -0.2) is 0 Å². The summed E-state index contributed by atoms with van der Waals surface area (Å²) < 4.78 is 60.4. The molecule has 184 valence electrons. The lowest BCUT2D eigenvalue weighted by Gasteiger charge is -2.31. The number of benzene rings is 1. The minimum atomic E-state index is -4.46. The van der Waals surface area contributed by atoms with Crippen LogP contribution in [0.4, 0.5) is 18.9 Å². The summed E-state index contributed by atoms with van der Waals surface area (Å²) in [6, 6.07) is 3.52. The highest BCUT2D eigenvalue weighted by molar-refractivity contribution is 5.86. The number of nitrogens with zero attached hydrogens (tertiary/aromatic N) is 3. The van der Waals surface area contributed by atoms with E-state index in [9.17, 15) is 13.2 Å². The Morgan fingerprint density at radius 3 is 2.79 bits per heavy atom. The van der Waals surface area contributed by atoms with E-state index in [1.54, 1.807) is 18.2 Å². The highest BCUT2D eigenvalue weighted by Crippen LogP contribution is 2.41. The van der Waals surface area contributed by atoms with Crippen molar-refractivity contribution in [2.24, 2.45) is 5.92 Å². The predicted molar refractivity (Wildman–Crippen MR) is 123 cm³/mol. The summed E-state index contributed by atoms with van der Waals surface area (Å²) in [4.78, 5) is 1.27. The number of ether oxygens (including phenoxy) is 3. The van der Waals surface area contributed by atoms with E-state index in [1.807, 2.05) is 10.9 Å². The Morgan fingerprint density at radius 2 is 2.03 bits per heavy atom. The molecule has 1 saturated heterocycles. The molecule has 2 aliphatic heterocycles. The molecule has 0 bridgehead atoms. The Kier molecular flexibility index (Phi) is 6.83. The van der Waals surface area contributed by atoms with Crippen LogP contribution >= 0.6 is 0 Å². The number of aryl methyl sites for hydroxylation is 1. The van der Waals surface area contributed by atoms with Crippen LogP contribution in [0.15, 0.2) is 42.3 Å². The molecule has 0 spiro atoms. The van der Waals surface area contributed by atoms with Gasteiger partial charge in [0, 0.05) is 37.3 Å². The van der Waals surface area contributed by atoms with Crippen LogP contribution in [0.5, 0.6) is 5.75 Å². The van der Waals surface area contributed by atoms with E-state index in [1.165, 1.54) is 11.0 Å². The van der Waals surface area contributed by atoms with E-state index in [0.717, 1.165) is 56.6 Å². The molecule has 6 nitrogen and oxygen atoms in total. The molecule has 0 amide bonds. The monoisotopic (exact) mass is 477 g/mol. The van der Waals surface area contributed by atoms with Gasteiger partial charge in [0.25, 0.3) is 0 Å². The molecule has 1 aromatic carbocycles. The molecular formula is C25H30F3N3O3. The number of hydrogen-bond acceptors (Lipinski definition) is 5. The first-order valence-electron chi connectivity index (χ1n) is 12.1. The average Bonchev–Trinajstić information content (AvgIpc) is 3.58. The van der Waals surface area contributed by atoms with Gasteiger partial charge in [0.05, 0.1) is 24.4 Å². The minimum Gasteiger partial charge on any atom is -0.491 e. The number of hydrogen-bond donors (Lipinski definition) is 0. The minimum absolute atomic E-state index is 0.117. The van der Waals surface area contributed by atoms with Gasteiger partial charge in [-0.15, -0.1) is 0 Å². The smallest absolute Gasteiger partial charge is 0.431 e. The molecule has 34 heavy (non-hydrogen) atoms. The second kappa shape index (κ2) is 10.00. The van der Waals surface area contributed by atoms with E-state index < -0.39 is 11.9 Å². The molecule has 1 aromatic heterocycles. The van der Waals surface area contributed by atoms with Gasteiger partial charge in [-0.2, -0.15) is 18.3 Å². The summed E-state index contributed by atoms with van der Waals surface area (Å²) in [5, 5.41) is 5.41. The van der Waals surface area contributed by atoms with E-state index in [4.69, 9.17) is 14.2 Å². The summed E-state index contributed by atoms with van der Waals surface area (Å²) in [5.41, 5.74) is 0.426. The second-order valence-electron chi connectivity index (χ2n) is 9.13. The van der Waals surface area contributed by atoms with Crippen LogP contribution in [0, 0.1) is 5.92 Å². The van der Waals surface area contributed by atoms with Crippen molar-refractivity contribution in [2.75, 3.05) is 31.3 Å². The predicted octanol–water partition coefficient (Wildman–Crippen LogP) is 5.58. The zero-order valence-electron chi connectivity index (χ0n) is 19.1. The molecule has 1 aliphatic carbocycles. The van der Waals surface area contributed by atoms with Crippen LogP contribution in [0.25, 0.3) is 10.9 Å². The summed E-state index contributed by atoms with van der Waals surface area (Å²) >= 11 is 0. The molecule has 2 fully saturated rings. The number of aromatic nitrogens is 2. The van der Waals surface area contributed by atoms with Crippen molar-refractivity contribution in [2.45, 2.75) is 57.5 Å². The van der Waals surface area contributed by atoms with Gasteiger partial charge >= 0.3 is 6.18 Å². The van der Waals surface area contributed by atoms with Gasteiger partial charge < -0.3 is 19.1 Å². The van der Waals surface area contributed by atoms with E-state index in [0.29, 0.717) is 42.6 Å². The third kappa shape index (κ3) is 5.58. The molecule has 1 atom stereocenters. The number of allylic oxidation sites excluding steroid dienone is 3. The van der Waals surface area contributed by atoms with Crippen LogP contribution in [0.2, 0.25) is 0 Å². The molecule has 0 N–H and O–H groups in total. The normalized spacial score (nSPS) is 21.2. The van der Waals surface area contributed by atoms with E-state index >= 15 is 0 Å². The lowest BCUT2D eigenvalue weighted by molar-refractivity contribution is -0.163. The number of anilines is 1. The van der Waals surface area contributed by atoms with Crippen molar-refractivity contribution >= 4 is 16.6 Å². The third-order valence-corrected chi connectivity index (χ3v) is 6.33. The van der Waals surface area contributed by atoms with Crippen LogP contribution < -0.4 is 9.64 Å². The number of fused-ring (bicyclic) bond motifs is 1. The van der Waals surface area contributed by atoms with Crippen LogP contribution in [-0.2, 0) is 16.0 Å².